The maximum Gasteiger partial charge on any atom is 0.252 e. The van der Waals surface area contributed by atoms with Gasteiger partial charge in [0, 0.05) is 45.0 Å². The van der Waals surface area contributed by atoms with Crippen LogP contribution >= 0.6 is 0 Å². The molecule has 2 heterocycles. The average molecular weight is 973 g/mol. The van der Waals surface area contributed by atoms with Gasteiger partial charge in [0.2, 0.25) is 0 Å². The summed E-state index contributed by atoms with van der Waals surface area (Å²) in [6.07, 6.45) is 0. The Kier molecular flexibility index (Phi) is 10.2. The molecule has 2 aliphatic carbocycles. The SMILES string of the molecule is CC(C)(C)c1ccc2c(c1)B1c3ccc(C(C)(C)C)cc3N(c3ccc(-c4cccc5c4C(C)(C)c4ccccc4-5)cc3)c3cc(C(C)(C)C)cc(c31)N2c1ccc(-c2cccc3c2C(C)(C)c2ccccc2-3)cc1. The van der Waals surface area contributed by atoms with Crippen molar-refractivity contribution in [2.75, 3.05) is 9.80 Å². The minimum atomic E-state index is -0.133. The molecular formula is C72H69BN2. The number of nitrogens with zero attached hydrogens (tertiary/aromatic N) is 2. The van der Waals surface area contributed by atoms with Crippen LogP contribution in [0.25, 0.3) is 44.5 Å². The van der Waals surface area contributed by atoms with E-state index in [0.717, 1.165) is 5.69 Å². The summed E-state index contributed by atoms with van der Waals surface area (Å²) in [6.45, 7) is 30.8. The summed E-state index contributed by atoms with van der Waals surface area (Å²) in [5, 5.41) is 0. The van der Waals surface area contributed by atoms with Gasteiger partial charge in [-0.15, -0.1) is 0 Å². The van der Waals surface area contributed by atoms with Crippen molar-refractivity contribution in [1.82, 2.24) is 0 Å². The van der Waals surface area contributed by atoms with E-state index >= 15 is 0 Å². The van der Waals surface area contributed by atoms with Crippen LogP contribution in [0.4, 0.5) is 34.1 Å². The third kappa shape index (κ3) is 7.06. The van der Waals surface area contributed by atoms with Crippen molar-refractivity contribution < 1.29 is 0 Å². The van der Waals surface area contributed by atoms with Crippen LogP contribution in [0.3, 0.4) is 0 Å². The average Bonchev–Trinajstić information content (AvgIpc) is 3.79. The van der Waals surface area contributed by atoms with Crippen molar-refractivity contribution >= 4 is 57.2 Å². The van der Waals surface area contributed by atoms with Gasteiger partial charge in [0.1, 0.15) is 0 Å². The van der Waals surface area contributed by atoms with E-state index in [1.54, 1.807) is 0 Å². The Balaban J connectivity index is 1.02. The Labute approximate surface area is 447 Å². The minimum absolute atomic E-state index is 0.0166. The van der Waals surface area contributed by atoms with Crippen LogP contribution in [-0.4, -0.2) is 6.71 Å². The molecule has 75 heavy (non-hydrogen) atoms. The van der Waals surface area contributed by atoms with E-state index in [9.17, 15) is 0 Å². The molecule has 0 spiro atoms. The van der Waals surface area contributed by atoms with Gasteiger partial charge >= 0.3 is 0 Å². The van der Waals surface area contributed by atoms with E-state index < -0.39 is 0 Å². The maximum atomic E-state index is 2.61. The molecule has 9 aromatic carbocycles. The van der Waals surface area contributed by atoms with Gasteiger partial charge in [0.15, 0.2) is 0 Å². The first kappa shape index (κ1) is 47.4. The van der Waals surface area contributed by atoms with Gasteiger partial charge in [-0.1, -0.05) is 223 Å². The molecule has 0 N–H and O–H groups in total. The minimum Gasteiger partial charge on any atom is -0.311 e. The fourth-order valence-corrected chi connectivity index (χ4v) is 13.7. The Hall–Kier alpha value is -7.36. The first-order valence-electron chi connectivity index (χ1n) is 27.4. The van der Waals surface area contributed by atoms with Crippen LogP contribution in [0.15, 0.2) is 182 Å². The second kappa shape index (κ2) is 16.1. The molecule has 0 saturated heterocycles. The lowest BCUT2D eigenvalue weighted by Crippen LogP contribution is -2.61. The van der Waals surface area contributed by atoms with Crippen LogP contribution in [0.5, 0.6) is 0 Å². The third-order valence-corrected chi connectivity index (χ3v) is 17.7. The fourth-order valence-electron chi connectivity index (χ4n) is 13.7. The Bertz CT molecular complexity index is 3830. The van der Waals surface area contributed by atoms with Crippen molar-refractivity contribution in [2.45, 2.75) is 117 Å². The molecule has 2 nitrogen and oxygen atoms in total. The highest BCUT2D eigenvalue weighted by molar-refractivity contribution is 7.00. The molecule has 370 valence electrons. The number of fused-ring (bicyclic) bond motifs is 10. The summed E-state index contributed by atoms with van der Waals surface area (Å²) in [4.78, 5) is 5.21. The fraction of sp³-hybridized carbons (Fsp3) is 0.250. The normalized spacial score (nSPS) is 15.4. The monoisotopic (exact) mass is 973 g/mol. The lowest BCUT2D eigenvalue weighted by atomic mass is 9.33. The highest BCUT2D eigenvalue weighted by Gasteiger charge is 2.46. The van der Waals surface area contributed by atoms with Gasteiger partial charge in [-0.05, 0) is 165 Å². The van der Waals surface area contributed by atoms with Crippen molar-refractivity contribution in [2.24, 2.45) is 0 Å². The molecule has 0 amide bonds. The summed E-state index contributed by atoms with van der Waals surface area (Å²) in [5.74, 6) is 0. The molecular weight excluding hydrogens is 904 g/mol. The second-order valence-corrected chi connectivity index (χ2v) is 26.2. The molecule has 2 aliphatic heterocycles. The van der Waals surface area contributed by atoms with Gasteiger partial charge in [0.25, 0.3) is 6.71 Å². The highest BCUT2D eigenvalue weighted by Crippen LogP contribution is 2.55. The van der Waals surface area contributed by atoms with E-state index in [1.807, 2.05) is 0 Å². The quantitative estimate of drug-likeness (QED) is 0.162. The molecule has 0 unspecified atom stereocenters. The standard InChI is InChI=1S/C72H69BN2/c1-68(2,3)46-33-39-61-60(40-46)73-59-38-32-47(69(4,5)6)41-62(59)75(50-36-30-45(31-37-50)52-23-19-25-56-54-21-15-17-27-58(54)72(12,13)66(52)56)64-43-48(70(7,8)9)42-63(67(64)73)74(61)49-34-28-44(29-35-49)51-22-18-24-55-53-20-14-16-26-57(53)71(10,11)65(51)55/h14-43H,1-13H3. The van der Waals surface area contributed by atoms with E-state index in [4.69, 9.17) is 0 Å². The van der Waals surface area contributed by atoms with Gasteiger partial charge in [-0.2, -0.15) is 0 Å². The van der Waals surface area contributed by atoms with E-state index in [-0.39, 0.29) is 33.8 Å². The number of rotatable bonds is 4. The molecule has 0 aromatic heterocycles. The number of hydrogen-bond acceptors (Lipinski definition) is 2. The molecule has 0 radical (unpaired) electrons. The lowest BCUT2D eigenvalue weighted by Gasteiger charge is -2.45. The van der Waals surface area contributed by atoms with Crippen LogP contribution in [0.1, 0.15) is 129 Å². The van der Waals surface area contributed by atoms with Crippen LogP contribution in [0, 0.1) is 0 Å². The molecule has 9 aromatic rings. The zero-order valence-corrected chi connectivity index (χ0v) is 46.3. The smallest absolute Gasteiger partial charge is 0.252 e. The van der Waals surface area contributed by atoms with E-state index in [2.05, 4.69) is 282 Å². The Morgan fingerprint density at radius 2 is 0.733 bits per heavy atom. The summed E-state index contributed by atoms with van der Waals surface area (Å²) in [6, 6.07) is 70.6. The van der Waals surface area contributed by atoms with Gasteiger partial charge in [0.05, 0.1) is 0 Å². The van der Waals surface area contributed by atoms with Crippen molar-refractivity contribution in [3.8, 4) is 44.5 Å². The Morgan fingerprint density at radius 1 is 0.333 bits per heavy atom. The van der Waals surface area contributed by atoms with Gasteiger partial charge in [-0.3, -0.25) is 0 Å². The summed E-state index contributed by atoms with van der Waals surface area (Å²) < 4.78 is 0. The second-order valence-electron chi connectivity index (χ2n) is 26.2. The summed E-state index contributed by atoms with van der Waals surface area (Å²) in [5.41, 5.74) is 31.0. The van der Waals surface area contributed by atoms with Crippen molar-refractivity contribution in [3.05, 3.63) is 221 Å². The Morgan fingerprint density at radius 3 is 1.21 bits per heavy atom. The zero-order chi connectivity index (χ0) is 52.3. The topological polar surface area (TPSA) is 6.48 Å². The molecule has 13 rings (SSSR count). The van der Waals surface area contributed by atoms with E-state index in [1.165, 1.54) is 128 Å². The molecule has 0 saturated carbocycles. The van der Waals surface area contributed by atoms with Crippen LogP contribution in [-0.2, 0) is 27.1 Å². The first-order chi connectivity index (χ1) is 35.6. The number of hydrogen-bond donors (Lipinski definition) is 0. The molecule has 3 heteroatoms. The summed E-state index contributed by atoms with van der Waals surface area (Å²) >= 11 is 0. The predicted octanol–water partition coefficient (Wildman–Crippen LogP) is 17.6. The highest BCUT2D eigenvalue weighted by atomic mass is 15.2. The first-order valence-corrected chi connectivity index (χ1v) is 27.4. The van der Waals surface area contributed by atoms with Gasteiger partial charge in [-0.25, -0.2) is 0 Å². The van der Waals surface area contributed by atoms with Crippen molar-refractivity contribution in [1.29, 1.82) is 0 Å². The maximum absolute atomic E-state index is 2.61. The predicted molar refractivity (Wildman–Crippen MR) is 323 cm³/mol. The summed E-state index contributed by atoms with van der Waals surface area (Å²) in [7, 11) is 0. The van der Waals surface area contributed by atoms with E-state index in [0.29, 0.717) is 0 Å². The number of anilines is 6. The third-order valence-electron chi connectivity index (χ3n) is 17.7. The van der Waals surface area contributed by atoms with Crippen molar-refractivity contribution in [3.63, 3.8) is 0 Å². The molecule has 4 aliphatic rings. The van der Waals surface area contributed by atoms with Crippen LogP contribution in [0.2, 0.25) is 0 Å². The van der Waals surface area contributed by atoms with Crippen LogP contribution < -0.4 is 26.2 Å². The largest absolute Gasteiger partial charge is 0.311 e. The van der Waals surface area contributed by atoms with Gasteiger partial charge < -0.3 is 9.80 Å². The number of benzene rings is 9. The molecule has 0 atom stereocenters. The molecule has 0 fully saturated rings. The lowest BCUT2D eigenvalue weighted by molar-refractivity contribution is 0.589. The molecule has 0 bridgehead atoms. The zero-order valence-electron chi connectivity index (χ0n) is 46.3.